The van der Waals surface area contributed by atoms with E-state index in [-0.39, 0.29) is 6.10 Å². The summed E-state index contributed by atoms with van der Waals surface area (Å²) in [6, 6.07) is 8.29. The summed E-state index contributed by atoms with van der Waals surface area (Å²) in [5.74, 6) is 1.89. The first-order valence-corrected chi connectivity index (χ1v) is 7.25. The van der Waals surface area contributed by atoms with Gasteiger partial charge in [0.15, 0.2) is 0 Å². The lowest BCUT2D eigenvalue weighted by molar-refractivity contribution is -0.119. The molecule has 3 heteroatoms. The number of hydrogen-bond acceptors (Lipinski definition) is 3. The van der Waals surface area contributed by atoms with E-state index in [0.717, 1.165) is 18.8 Å². The predicted octanol–water partition coefficient (Wildman–Crippen LogP) is 3.01. The van der Waals surface area contributed by atoms with Gasteiger partial charge in [0.25, 0.3) is 0 Å². The van der Waals surface area contributed by atoms with Crippen LogP contribution in [0.4, 0.5) is 0 Å². The Hall–Kier alpha value is -0.800. The number of ketones is 1. The van der Waals surface area contributed by atoms with Crippen molar-refractivity contribution in [3.8, 4) is 0 Å². The molecule has 2 rings (SSSR count). The van der Waals surface area contributed by atoms with Crippen molar-refractivity contribution < 1.29 is 9.53 Å². The Bertz CT molecular complexity index is 390. The van der Waals surface area contributed by atoms with Gasteiger partial charge >= 0.3 is 0 Å². The molecule has 0 saturated carbocycles. The van der Waals surface area contributed by atoms with Crippen LogP contribution in [0.25, 0.3) is 0 Å². The van der Waals surface area contributed by atoms with Gasteiger partial charge in [0.1, 0.15) is 5.78 Å². The maximum atomic E-state index is 11.8. The highest BCUT2D eigenvalue weighted by atomic mass is 32.2. The Balaban J connectivity index is 2.01. The number of rotatable bonds is 5. The van der Waals surface area contributed by atoms with E-state index in [1.807, 2.05) is 6.07 Å². The highest BCUT2D eigenvalue weighted by molar-refractivity contribution is 7.99. The van der Waals surface area contributed by atoms with E-state index in [1.54, 1.807) is 11.8 Å². The van der Waals surface area contributed by atoms with Crippen molar-refractivity contribution in [1.29, 1.82) is 0 Å². The Labute approximate surface area is 107 Å². The Kier molecular flexibility index (Phi) is 4.63. The molecule has 1 atom stereocenters. The number of ether oxygens (including phenoxy) is 1. The first-order valence-electron chi connectivity index (χ1n) is 6.10. The van der Waals surface area contributed by atoms with Gasteiger partial charge in [0.2, 0.25) is 0 Å². The van der Waals surface area contributed by atoms with Gasteiger partial charge in [-0.15, -0.1) is 0 Å². The summed E-state index contributed by atoms with van der Waals surface area (Å²) >= 11 is 1.68. The zero-order valence-corrected chi connectivity index (χ0v) is 11.0. The zero-order chi connectivity index (χ0) is 12.1. The molecule has 0 saturated heterocycles. The minimum Gasteiger partial charge on any atom is -0.373 e. The minimum absolute atomic E-state index is 0.0232. The van der Waals surface area contributed by atoms with Crippen LogP contribution in [0.5, 0.6) is 0 Å². The van der Waals surface area contributed by atoms with Crippen molar-refractivity contribution in [1.82, 2.24) is 0 Å². The summed E-state index contributed by atoms with van der Waals surface area (Å²) in [5.41, 5.74) is 2.54. The van der Waals surface area contributed by atoms with E-state index in [0.29, 0.717) is 18.0 Å². The second kappa shape index (κ2) is 6.22. The number of hydrogen-bond donors (Lipinski definition) is 0. The van der Waals surface area contributed by atoms with Crippen LogP contribution in [-0.2, 0) is 16.0 Å². The quantitative estimate of drug-likeness (QED) is 0.803. The molecule has 1 unspecified atom stereocenters. The number of carbonyl (C=O) groups is 1. The number of thioether (sulfide) groups is 1. The lowest BCUT2D eigenvalue weighted by Crippen LogP contribution is -2.19. The van der Waals surface area contributed by atoms with E-state index < -0.39 is 0 Å². The third kappa shape index (κ3) is 3.33. The normalized spacial score (nSPS) is 18.8. The summed E-state index contributed by atoms with van der Waals surface area (Å²) in [6.07, 6.45) is 1.46. The van der Waals surface area contributed by atoms with Crippen LogP contribution < -0.4 is 0 Å². The number of fused-ring (bicyclic) bond motifs is 1. The molecule has 1 heterocycles. The second-order valence-electron chi connectivity index (χ2n) is 4.19. The SMILES string of the molecule is CCSCC(=O)CC1OCCc2ccccc21. The summed E-state index contributed by atoms with van der Waals surface area (Å²) in [7, 11) is 0. The highest BCUT2D eigenvalue weighted by Crippen LogP contribution is 2.29. The highest BCUT2D eigenvalue weighted by Gasteiger charge is 2.22. The Morgan fingerprint density at radius 3 is 3.12 bits per heavy atom. The van der Waals surface area contributed by atoms with Gasteiger partial charge < -0.3 is 4.74 Å². The Morgan fingerprint density at radius 2 is 2.29 bits per heavy atom. The van der Waals surface area contributed by atoms with Gasteiger partial charge in [-0.2, -0.15) is 11.8 Å². The Morgan fingerprint density at radius 1 is 1.47 bits per heavy atom. The fraction of sp³-hybridized carbons (Fsp3) is 0.500. The summed E-state index contributed by atoms with van der Waals surface area (Å²) in [5, 5.41) is 0. The van der Waals surface area contributed by atoms with Crippen LogP contribution in [-0.4, -0.2) is 23.9 Å². The number of carbonyl (C=O) groups excluding carboxylic acids is 1. The van der Waals surface area contributed by atoms with Crippen LogP contribution in [0.2, 0.25) is 0 Å². The van der Waals surface area contributed by atoms with Crippen molar-refractivity contribution in [2.45, 2.75) is 25.9 Å². The molecule has 1 aromatic rings. The maximum Gasteiger partial charge on any atom is 0.145 e. The van der Waals surface area contributed by atoms with Gasteiger partial charge in [0.05, 0.1) is 18.5 Å². The number of Topliss-reactive ketones (excluding diaryl/α,β-unsaturated/α-hetero) is 1. The molecule has 0 aliphatic carbocycles. The first-order chi connectivity index (χ1) is 8.31. The molecule has 2 nitrogen and oxygen atoms in total. The maximum absolute atomic E-state index is 11.8. The molecule has 0 radical (unpaired) electrons. The molecule has 1 aromatic carbocycles. The topological polar surface area (TPSA) is 26.3 Å². The van der Waals surface area contributed by atoms with Gasteiger partial charge in [-0.3, -0.25) is 4.79 Å². The monoisotopic (exact) mass is 250 g/mol. The third-order valence-corrected chi connectivity index (χ3v) is 3.91. The average molecular weight is 250 g/mol. The molecular weight excluding hydrogens is 232 g/mol. The standard InChI is InChI=1S/C14H18O2S/c1-2-17-10-12(15)9-14-13-6-4-3-5-11(13)7-8-16-14/h3-6,14H,2,7-10H2,1H3. The number of benzene rings is 1. The molecule has 92 valence electrons. The largest absolute Gasteiger partial charge is 0.373 e. The fourth-order valence-corrected chi connectivity index (χ4v) is 2.68. The molecular formula is C14H18O2S. The van der Waals surface area contributed by atoms with Crippen molar-refractivity contribution in [3.05, 3.63) is 35.4 Å². The van der Waals surface area contributed by atoms with E-state index in [2.05, 4.69) is 25.1 Å². The van der Waals surface area contributed by atoms with Crippen LogP contribution in [0.3, 0.4) is 0 Å². The summed E-state index contributed by atoms with van der Waals surface area (Å²) < 4.78 is 5.72. The van der Waals surface area contributed by atoms with Gasteiger partial charge in [-0.1, -0.05) is 31.2 Å². The van der Waals surface area contributed by atoms with Gasteiger partial charge in [0, 0.05) is 6.42 Å². The van der Waals surface area contributed by atoms with Crippen LogP contribution in [0, 0.1) is 0 Å². The van der Waals surface area contributed by atoms with E-state index in [1.165, 1.54) is 11.1 Å². The van der Waals surface area contributed by atoms with Gasteiger partial charge in [-0.25, -0.2) is 0 Å². The fourth-order valence-electron chi connectivity index (χ4n) is 2.13. The molecule has 0 N–H and O–H groups in total. The summed E-state index contributed by atoms with van der Waals surface area (Å²) in [4.78, 5) is 11.8. The summed E-state index contributed by atoms with van der Waals surface area (Å²) in [6.45, 7) is 2.81. The van der Waals surface area contributed by atoms with E-state index >= 15 is 0 Å². The molecule has 0 spiro atoms. The van der Waals surface area contributed by atoms with Crippen LogP contribution in [0.1, 0.15) is 30.6 Å². The van der Waals surface area contributed by atoms with Crippen LogP contribution >= 0.6 is 11.8 Å². The second-order valence-corrected chi connectivity index (χ2v) is 5.46. The predicted molar refractivity (Wildman–Crippen MR) is 71.5 cm³/mol. The van der Waals surface area contributed by atoms with Crippen LogP contribution in [0.15, 0.2) is 24.3 Å². The zero-order valence-electron chi connectivity index (χ0n) is 10.1. The minimum atomic E-state index is -0.0232. The van der Waals surface area contributed by atoms with Crippen molar-refractivity contribution >= 4 is 17.5 Å². The molecule has 1 aliphatic rings. The molecule has 0 fully saturated rings. The molecule has 0 aromatic heterocycles. The molecule has 0 amide bonds. The van der Waals surface area contributed by atoms with Crippen molar-refractivity contribution in [2.24, 2.45) is 0 Å². The van der Waals surface area contributed by atoms with Gasteiger partial charge in [-0.05, 0) is 23.3 Å². The smallest absolute Gasteiger partial charge is 0.145 e. The molecule has 17 heavy (non-hydrogen) atoms. The van der Waals surface area contributed by atoms with E-state index in [9.17, 15) is 4.79 Å². The third-order valence-electron chi connectivity index (χ3n) is 2.97. The first kappa shape index (κ1) is 12.7. The molecule has 1 aliphatic heterocycles. The lowest BCUT2D eigenvalue weighted by Gasteiger charge is -2.25. The average Bonchev–Trinajstić information content (AvgIpc) is 2.37. The van der Waals surface area contributed by atoms with E-state index in [4.69, 9.17) is 4.74 Å². The lowest BCUT2D eigenvalue weighted by atomic mass is 9.95. The molecule has 0 bridgehead atoms. The van der Waals surface area contributed by atoms with Crippen molar-refractivity contribution in [3.63, 3.8) is 0 Å². The van der Waals surface area contributed by atoms with Crippen molar-refractivity contribution in [2.75, 3.05) is 18.1 Å².